The van der Waals surface area contributed by atoms with Gasteiger partial charge >= 0.3 is 12.1 Å². The molecule has 1 heterocycles. The van der Waals surface area contributed by atoms with Crippen LogP contribution in [0.3, 0.4) is 0 Å². The molecule has 1 aliphatic rings. The van der Waals surface area contributed by atoms with Gasteiger partial charge in [0.25, 0.3) is 5.91 Å². The molecule has 1 aliphatic heterocycles. The van der Waals surface area contributed by atoms with Crippen LogP contribution >= 0.6 is 15.9 Å². The van der Waals surface area contributed by atoms with Crippen molar-refractivity contribution in [3.63, 3.8) is 0 Å². The van der Waals surface area contributed by atoms with E-state index in [2.05, 4.69) is 15.9 Å². The number of carboxylic acid groups (broad SMARTS) is 1. The molecule has 1 unspecified atom stereocenters. The highest BCUT2D eigenvalue weighted by Gasteiger charge is 2.64. The van der Waals surface area contributed by atoms with Gasteiger partial charge in [-0.3, -0.25) is 9.59 Å². The van der Waals surface area contributed by atoms with Crippen LogP contribution in [0.15, 0.2) is 22.7 Å². The number of nitrogens with zero attached hydrogens (tertiary/aromatic N) is 1. The highest BCUT2D eigenvalue weighted by Crippen LogP contribution is 2.46. The molecule has 1 saturated heterocycles. The van der Waals surface area contributed by atoms with Crippen LogP contribution in [0.1, 0.15) is 16.8 Å². The number of methoxy groups -OCH3 is 1. The lowest BCUT2D eigenvalue weighted by Gasteiger charge is -2.27. The summed E-state index contributed by atoms with van der Waals surface area (Å²) in [6.07, 6.45) is -5.58. The van der Waals surface area contributed by atoms with E-state index in [1.165, 1.54) is 25.3 Å². The average molecular weight is 396 g/mol. The van der Waals surface area contributed by atoms with Gasteiger partial charge in [-0.25, -0.2) is 0 Å². The van der Waals surface area contributed by atoms with Crippen molar-refractivity contribution in [1.82, 2.24) is 4.90 Å². The zero-order chi connectivity index (χ0) is 17.4. The van der Waals surface area contributed by atoms with Crippen molar-refractivity contribution >= 4 is 27.8 Å². The molecular weight excluding hydrogens is 383 g/mol. The smallest absolute Gasteiger partial charge is 0.406 e. The topological polar surface area (TPSA) is 66.8 Å². The summed E-state index contributed by atoms with van der Waals surface area (Å²) in [5, 5.41) is 9.00. The van der Waals surface area contributed by atoms with Crippen molar-refractivity contribution in [3.05, 3.63) is 28.2 Å². The maximum absolute atomic E-state index is 13.1. The van der Waals surface area contributed by atoms with Gasteiger partial charge in [0.15, 0.2) is 5.41 Å². The standard InChI is InChI=1S/C14H13BrF3NO4/c1-23-10-3-2-8(6-9(10)15)11(20)19-5-4-13(7-19,12(21)22)14(16,17)18/h2-3,6H,4-5,7H2,1H3,(H,21,22). The molecule has 0 aliphatic carbocycles. The van der Waals surface area contributed by atoms with Crippen LogP contribution in [0.5, 0.6) is 5.75 Å². The molecule has 1 N–H and O–H groups in total. The SMILES string of the molecule is COc1ccc(C(=O)N2CCC(C(=O)O)(C(F)(F)F)C2)cc1Br. The van der Waals surface area contributed by atoms with E-state index in [1.807, 2.05) is 0 Å². The third-order valence-corrected chi connectivity index (χ3v) is 4.53. The zero-order valence-electron chi connectivity index (χ0n) is 12.0. The van der Waals surface area contributed by atoms with Gasteiger partial charge < -0.3 is 14.7 Å². The Hall–Kier alpha value is -1.77. The van der Waals surface area contributed by atoms with Gasteiger partial charge in [-0.2, -0.15) is 13.2 Å². The van der Waals surface area contributed by atoms with Gasteiger partial charge in [0.2, 0.25) is 0 Å². The second-order valence-electron chi connectivity index (χ2n) is 5.21. The lowest BCUT2D eigenvalue weighted by Crippen LogP contribution is -2.47. The number of ether oxygens (including phenoxy) is 1. The number of rotatable bonds is 3. The van der Waals surface area contributed by atoms with Crippen LogP contribution in [-0.2, 0) is 4.79 Å². The number of aliphatic carboxylic acids is 1. The van der Waals surface area contributed by atoms with Gasteiger partial charge in [0, 0.05) is 18.7 Å². The van der Waals surface area contributed by atoms with Gasteiger partial charge in [-0.05, 0) is 40.5 Å². The molecule has 1 atom stereocenters. The third kappa shape index (κ3) is 3.01. The van der Waals surface area contributed by atoms with Crippen molar-refractivity contribution in [2.45, 2.75) is 12.6 Å². The maximum atomic E-state index is 13.1. The Morgan fingerprint density at radius 2 is 2.04 bits per heavy atom. The monoisotopic (exact) mass is 395 g/mol. The molecule has 5 nitrogen and oxygen atoms in total. The van der Waals surface area contributed by atoms with E-state index in [0.29, 0.717) is 10.2 Å². The molecule has 0 spiro atoms. The highest BCUT2D eigenvalue weighted by atomic mass is 79.9. The van der Waals surface area contributed by atoms with Crippen LogP contribution in [0.25, 0.3) is 0 Å². The largest absolute Gasteiger partial charge is 0.496 e. The predicted molar refractivity (Wildman–Crippen MR) is 77.3 cm³/mol. The van der Waals surface area contributed by atoms with Gasteiger partial charge in [0.1, 0.15) is 5.75 Å². The Morgan fingerprint density at radius 3 is 2.48 bits per heavy atom. The number of likely N-dealkylation sites (tertiary alicyclic amines) is 1. The Balaban J connectivity index is 2.26. The van der Waals surface area contributed by atoms with Crippen molar-refractivity contribution in [1.29, 1.82) is 0 Å². The number of hydrogen-bond acceptors (Lipinski definition) is 3. The first kappa shape index (κ1) is 17.6. The molecule has 1 fully saturated rings. The summed E-state index contributed by atoms with van der Waals surface area (Å²) in [5.74, 6) is -2.14. The van der Waals surface area contributed by atoms with Crippen LogP contribution in [0, 0.1) is 5.41 Å². The van der Waals surface area contributed by atoms with E-state index in [1.54, 1.807) is 0 Å². The Bertz CT molecular complexity index is 649. The molecule has 2 rings (SSSR count). The second kappa shape index (κ2) is 6.03. The second-order valence-corrected chi connectivity index (χ2v) is 6.07. The number of carbonyl (C=O) groups excluding carboxylic acids is 1. The molecule has 0 bridgehead atoms. The van der Waals surface area contributed by atoms with Gasteiger partial charge in [-0.1, -0.05) is 0 Å². The zero-order valence-corrected chi connectivity index (χ0v) is 13.6. The quantitative estimate of drug-likeness (QED) is 0.854. The van der Waals surface area contributed by atoms with E-state index in [4.69, 9.17) is 9.84 Å². The van der Waals surface area contributed by atoms with Crippen molar-refractivity contribution in [2.75, 3.05) is 20.2 Å². The normalized spacial score (nSPS) is 21.3. The first-order valence-electron chi connectivity index (χ1n) is 6.55. The minimum atomic E-state index is -4.92. The molecule has 0 radical (unpaired) electrons. The lowest BCUT2D eigenvalue weighted by atomic mass is 9.86. The first-order valence-corrected chi connectivity index (χ1v) is 7.34. The number of hydrogen-bond donors (Lipinski definition) is 1. The summed E-state index contributed by atoms with van der Waals surface area (Å²) >= 11 is 3.19. The lowest BCUT2D eigenvalue weighted by molar-refractivity contribution is -0.227. The molecule has 0 saturated carbocycles. The van der Waals surface area contributed by atoms with E-state index in [9.17, 15) is 22.8 Å². The molecule has 0 aromatic heterocycles. The number of amides is 1. The fourth-order valence-corrected chi connectivity index (χ4v) is 3.03. The van der Waals surface area contributed by atoms with Crippen LogP contribution < -0.4 is 4.74 Å². The van der Waals surface area contributed by atoms with E-state index in [0.717, 1.165) is 4.90 Å². The number of carboxylic acids is 1. The van der Waals surface area contributed by atoms with E-state index >= 15 is 0 Å². The fraction of sp³-hybridized carbons (Fsp3) is 0.429. The summed E-state index contributed by atoms with van der Waals surface area (Å²) in [6, 6.07) is 4.34. The molecular formula is C14H13BrF3NO4. The third-order valence-electron chi connectivity index (χ3n) is 3.91. The summed E-state index contributed by atoms with van der Waals surface area (Å²) < 4.78 is 44.9. The number of halogens is 4. The Kier molecular flexibility index (Phi) is 4.61. The fourth-order valence-electron chi connectivity index (χ4n) is 2.49. The molecule has 1 aromatic rings. The number of alkyl halides is 3. The van der Waals surface area contributed by atoms with Crippen molar-refractivity contribution in [2.24, 2.45) is 5.41 Å². The first-order chi connectivity index (χ1) is 10.6. The Labute approximate surface area is 138 Å². The minimum Gasteiger partial charge on any atom is -0.496 e. The molecule has 1 aromatic carbocycles. The van der Waals surface area contributed by atoms with Crippen LogP contribution in [0.2, 0.25) is 0 Å². The van der Waals surface area contributed by atoms with Crippen LogP contribution in [0.4, 0.5) is 13.2 Å². The van der Waals surface area contributed by atoms with E-state index in [-0.39, 0.29) is 12.1 Å². The molecule has 23 heavy (non-hydrogen) atoms. The summed E-state index contributed by atoms with van der Waals surface area (Å²) in [4.78, 5) is 24.4. The average Bonchev–Trinajstić information content (AvgIpc) is 2.92. The maximum Gasteiger partial charge on any atom is 0.406 e. The summed E-state index contributed by atoms with van der Waals surface area (Å²) in [5.41, 5.74) is -2.76. The summed E-state index contributed by atoms with van der Waals surface area (Å²) in [6.45, 7) is -1.16. The van der Waals surface area contributed by atoms with Gasteiger partial charge in [0.05, 0.1) is 11.6 Å². The predicted octanol–water partition coefficient (Wildman–Crippen LogP) is 2.94. The van der Waals surface area contributed by atoms with Crippen LogP contribution in [-0.4, -0.2) is 48.3 Å². The number of carbonyl (C=O) groups is 2. The number of benzene rings is 1. The summed E-state index contributed by atoms with van der Waals surface area (Å²) in [7, 11) is 1.44. The van der Waals surface area contributed by atoms with Gasteiger partial charge in [-0.15, -0.1) is 0 Å². The molecule has 9 heteroatoms. The molecule has 1 amide bonds. The Morgan fingerprint density at radius 1 is 1.39 bits per heavy atom. The van der Waals surface area contributed by atoms with Crippen molar-refractivity contribution < 1.29 is 32.6 Å². The minimum absolute atomic E-state index is 0.154. The van der Waals surface area contributed by atoms with E-state index < -0.39 is 36.4 Å². The molecule has 126 valence electrons. The van der Waals surface area contributed by atoms with Crippen molar-refractivity contribution in [3.8, 4) is 5.75 Å². The highest BCUT2D eigenvalue weighted by molar-refractivity contribution is 9.10.